The molecule has 11 nitrogen and oxygen atoms in total. The summed E-state index contributed by atoms with van der Waals surface area (Å²) < 4.78 is 13.6. The first-order valence-corrected chi connectivity index (χ1v) is 16.0. The van der Waals surface area contributed by atoms with E-state index >= 15 is 0 Å². The number of methoxy groups -OCH3 is 1. The van der Waals surface area contributed by atoms with Gasteiger partial charge in [-0.1, -0.05) is 12.1 Å². The molecule has 264 valence electrons. The van der Waals surface area contributed by atoms with E-state index in [0.29, 0.717) is 47.0 Å². The highest BCUT2D eigenvalue weighted by Crippen LogP contribution is 2.32. The van der Waals surface area contributed by atoms with Crippen molar-refractivity contribution in [3.05, 3.63) is 77.6 Å². The van der Waals surface area contributed by atoms with Gasteiger partial charge in [0, 0.05) is 52.3 Å². The molecule has 0 unspecified atom stereocenters. The molecule has 0 spiro atoms. The highest BCUT2D eigenvalue weighted by atomic mass is 35.5. The van der Waals surface area contributed by atoms with Crippen LogP contribution in [-0.4, -0.2) is 91.1 Å². The van der Waals surface area contributed by atoms with Crippen molar-refractivity contribution < 1.29 is 23.9 Å². The molecule has 1 aliphatic heterocycles. The van der Waals surface area contributed by atoms with Gasteiger partial charge >= 0.3 is 0 Å². The molecule has 1 N–H and O–H groups in total. The molecule has 5 rings (SSSR count). The van der Waals surface area contributed by atoms with Crippen molar-refractivity contribution in [2.24, 2.45) is 7.05 Å². The predicted molar refractivity (Wildman–Crippen MR) is 198 cm³/mol. The van der Waals surface area contributed by atoms with Crippen LogP contribution in [0.2, 0.25) is 0 Å². The predicted octanol–water partition coefficient (Wildman–Crippen LogP) is 5.98. The minimum Gasteiger partial charge on any atom is -0.495 e. The zero-order valence-corrected chi connectivity index (χ0v) is 30.4. The molecule has 3 aromatic carbocycles. The maximum atomic E-state index is 13.7. The lowest BCUT2D eigenvalue weighted by molar-refractivity contribution is -0.132. The van der Waals surface area contributed by atoms with Crippen LogP contribution in [0.1, 0.15) is 52.0 Å². The summed E-state index contributed by atoms with van der Waals surface area (Å²) in [6, 6.07) is 16.1. The second-order valence-corrected chi connectivity index (χ2v) is 12.1. The van der Waals surface area contributed by atoms with Crippen LogP contribution in [0, 0.1) is 6.92 Å². The Morgan fingerprint density at radius 1 is 0.918 bits per heavy atom. The van der Waals surface area contributed by atoms with Gasteiger partial charge in [0.05, 0.1) is 48.0 Å². The number of carbonyl (C=O) groups is 3. The van der Waals surface area contributed by atoms with Gasteiger partial charge in [-0.3, -0.25) is 14.4 Å². The largest absolute Gasteiger partial charge is 0.495 e. The number of carbonyl (C=O) groups excluding carboxylic acids is 3. The summed E-state index contributed by atoms with van der Waals surface area (Å²) in [4.78, 5) is 49.5. The lowest BCUT2D eigenvalue weighted by Crippen LogP contribution is -2.47. The molecule has 2 heterocycles. The average molecular weight is 714 g/mol. The van der Waals surface area contributed by atoms with Crippen molar-refractivity contribution in [2.75, 3.05) is 64.2 Å². The SMILES string of the molecule is COc1cc(C(=O)N(C)c2ccc(C)cc2OCCCCCC(=O)N2CCN(C)CC2)ccc1NC(=O)c1cccc2ncn(C)c12.Cl.Cl. The summed E-state index contributed by atoms with van der Waals surface area (Å²) in [5.74, 6) is 0.652. The molecule has 1 aliphatic rings. The second kappa shape index (κ2) is 17.9. The Labute approximate surface area is 300 Å². The molecule has 0 saturated carbocycles. The van der Waals surface area contributed by atoms with E-state index in [1.165, 1.54) is 7.11 Å². The number of rotatable bonds is 12. The van der Waals surface area contributed by atoms with E-state index in [2.05, 4.69) is 22.2 Å². The molecule has 4 aromatic rings. The molecule has 1 fully saturated rings. The van der Waals surface area contributed by atoms with Crippen molar-refractivity contribution in [3.8, 4) is 11.5 Å². The Bertz CT molecular complexity index is 1760. The molecule has 13 heteroatoms. The molecule has 3 amide bonds. The van der Waals surface area contributed by atoms with E-state index < -0.39 is 0 Å². The number of ether oxygens (including phenoxy) is 2. The molecule has 1 saturated heterocycles. The number of amides is 3. The zero-order chi connectivity index (χ0) is 33.5. The maximum absolute atomic E-state index is 13.7. The molecule has 1 aromatic heterocycles. The molecule has 49 heavy (non-hydrogen) atoms. The lowest BCUT2D eigenvalue weighted by Gasteiger charge is -2.32. The third-order valence-electron chi connectivity index (χ3n) is 8.61. The number of nitrogens with one attached hydrogen (secondary N) is 1. The number of halogens is 2. The smallest absolute Gasteiger partial charge is 0.258 e. The fourth-order valence-electron chi connectivity index (χ4n) is 5.78. The Balaban J connectivity index is 0.00000325. The number of unbranched alkanes of at least 4 members (excludes halogenated alkanes) is 2. The van der Waals surface area contributed by atoms with Crippen LogP contribution in [0.3, 0.4) is 0 Å². The van der Waals surface area contributed by atoms with Gasteiger partial charge in [0.15, 0.2) is 0 Å². The van der Waals surface area contributed by atoms with Crippen LogP contribution in [0.4, 0.5) is 11.4 Å². The van der Waals surface area contributed by atoms with Gasteiger partial charge in [-0.05, 0) is 81.3 Å². The Morgan fingerprint density at radius 3 is 2.41 bits per heavy atom. The fourth-order valence-corrected chi connectivity index (χ4v) is 5.78. The van der Waals surface area contributed by atoms with Gasteiger partial charge in [-0.2, -0.15) is 0 Å². The number of benzene rings is 3. The van der Waals surface area contributed by atoms with Crippen LogP contribution in [0.5, 0.6) is 11.5 Å². The number of aryl methyl sites for hydroxylation is 2. The van der Waals surface area contributed by atoms with E-state index in [0.717, 1.165) is 62.0 Å². The summed E-state index contributed by atoms with van der Waals surface area (Å²) in [6.45, 7) is 5.93. The van der Waals surface area contributed by atoms with Crippen LogP contribution in [0.15, 0.2) is 60.9 Å². The van der Waals surface area contributed by atoms with E-state index in [4.69, 9.17) is 9.47 Å². The molecular weight excluding hydrogens is 667 g/mol. The lowest BCUT2D eigenvalue weighted by atomic mass is 10.1. The van der Waals surface area contributed by atoms with Crippen molar-refractivity contribution >= 4 is 64.9 Å². The van der Waals surface area contributed by atoms with Gasteiger partial charge in [0.25, 0.3) is 11.8 Å². The van der Waals surface area contributed by atoms with E-state index in [1.54, 1.807) is 53.2 Å². The van der Waals surface area contributed by atoms with E-state index in [-0.39, 0.29) is 42.5 Å². The Kier molecular flexibility index (Phi) is 14.3. The number of imidazole rings is 1. The first kappa shape index (κ1) is 39.1. The van der Waals surface area contributed by atoms with Crippen molar-refractivity contribution in [2.45, 2.75) is 32.6 Å². The first-order valence-electron chi connectivity index (χ1n) is 16.0. The molecule has 0 bridgehead atoms. The monoisotopic (exact) mass is 712 g/mol. The van der Waals surface area contributed by atoms with Crippen LogP contribution in [-0.2, 0) is 11.8 Å². The van der Waals surface area contributed by atoms with Crippen LogP contribution < -0.4 is 19.7 Å². The topological polar surface area (TPSA) is 109 Å². The summed E-state index contributed by atoms with van der Waals surface area (Å²) in [5, 5.41) is 2.92. The highest BCUT2D eigenvalue weighted by Gasteiger charge is 2.21. The number of aromatic nitrogens is 2. The Morgan fingerprint density at radius 2 is 1.67 bits per heavy atom. The maximum Gasteiger partial charge on any atom is 0.258 e. The number of likely N-dealkylation sites (N-methyl/N-ethyl adjacent to an activating group) is 1. The van der Waals surface area contributed by atoms with E-state index in [9.17, 15) is 14.4 Å². The van der Waals surface area contributed by atoms with Crippen molar-refractivity contribution in [1.29, 1.82) is 0 Å². The average Bonchev–Trinajstić information content (AvgIpc) is 3.46. The highest BCUT2D eigenvalue weighted by molar-refractivity contribution is 6.12. The number of anilines is 2. The van der Waals surface area contributed by atoms with Crippen LogP contribution in [0.25, 0.3) is 11.0 Å². The summed E-state index contributed by atoms with van der Waals surface area (Å²) >= 11 is 0. The van der Waals surface area contributed by atoms with Gasteiger partial charge in [-0.25, -0.2) is 4.98 Å². The molecule has 0 aliphatic carbocycles. The number of hydrogen-bond donors (Lipinski definition) is 1. The fraction of sp³-hybridized carbons (Fsp3) is 0.389. The number of fused-ring (bicyclic) bond motifs is 1. The third kappa shape index (κ3) is 9.44. The van der Waals surface area contributed by atoms with Gasteiger partial charge in [0.2, 0.25) is 5.91 Å². The second-order valence-electron chi connectivity index (χ2n) is 12.1. The van der Waals surface area contributed by atoms with Crippen molar-refractivity contribution in [3.63, 3.8) is 0 Å². The third-order valence-corrected chi connectivity index (χ3v) is 8.61. The van der Waals surface area contributed by atoms with Crippen LogP contribution >= 0.6 is 24.8 Å². The first-order chi connectivity index (χ1) is 22.7. The molecule has 0 atom stereocenters. The van der Waals surface area contributed by atoms with Crippen molar-refractivity contribution in [1.82, 2.24) is 19.4 Å². The van der Waals surface area contributed by atoms with Gasteiger partial charge < -0.3 is 34.1 Å². The standard InChI is InChI=1S/C36H44N6O5.2ClH/c1-25-13-16-30(32(22-25)47-21-8-6-7-12-33(43)42-19-17-39(2)18-20-42)41(4)36(45)26-14-15-28(31(23-26)46-5)38-35(44)27-10-9-11-29-34(27)40(3)24-37-29;;/h9-11,13-16,22-24H,6-8,12,17-21H2,1-5H3,(H,38,44);2*1H. The number of piperazine rings is 1. The number of hydrogen-bond acceptors (Lipinski definition) is 7. The number of para-hydroxylation sites is 1. The number of nitrogens with zero attached hydrogens (tertiary/aromatic N) is 5. The quantitative estimate of drug-likeness (QED) is 0.180. The summed E-state index contributed by atoms with van der Waals surface area (Å²) in [6.07, 6.45) is 4.74. The van der Waals surface area contributed by atoms with Gasteiger partial charge in [-0.15, -0.1) is 24.8 Å². The molecule has 0 radical (unpaired) electrons. The minimum atomic E-state index is -0.309. The zero-order valence-electron chi connectivity index (χ0n) is 28.7. The minimum absolute atomic E-state index is 0. The Hall–Kier alpha value is -4.32. The summed E-state index contributed by atoms with van der Waals surface area (Å²) in [7, 11) is 7.13. The summed E-state index contributed by atoms with van der Waals surface area (Å²) in [5.41, 5.74) is 4.44. The van der Waals surface area contributed by atoms with E-state index in [1.807, 2.05) is 43.1 Å². The van der Waals surface area contributed by atoms with Gasteiger partial charge in [0.1, 0.15) is 11.5 Å². The molecular formula is C36H46Cl2N6O5. The normalized spacial score (nSPS) is 12.9.